The van der Waals surface area contributed by atoms with Gasteiger partial charge in [-0.1, -0.05) is 18.2 Å². The Hall–Kier alpha value is -2.14. The molecule has 0 amide bonds. The van der Waals surface area contributed by atoms with E-state index in [-0.39, 0.29) is 36.2 Å². The fraction of sp³-hybridized carbons (Fsp3) is 0.625. The van der Waals surface area contributed by atoms with Crippen molar-refractivity contribution in [1.29, 1.82) is 0 Å². The zero-order valence-corrected chi connectivity index (χ0v) is 19.2. The van der Waals surface area contributed by atoms with E-state index in [9.17, 15) is 33.4 Å². The standard InChI is InChI=1S/C24H34F3NO6/c1-33-23(31)10-5-3-2-4-9-20-19(21(28-32)14-22(20)30)12-11-17(29)15-34-18-8-6-7-16(13-18)24(25,26)27/h2-3,6-8,13,17,19-22,28-30,32H,4-5,9-12,14-15H2,1H3/b3-2-/t17-,19-,20-,21?,22+/m1/s1. The summed E-state index contributed by atoms with van der Waals surface area (Å²) in [6.45, 7) is -0.165. The highest BCUT2D eigenvalue weighted by atomic mass is 19.4. The normalized spacial score (nSPS) is 23.9. The molecule has 4 N–H and O–H groups in total. The lowest BCUT2D eigenvalue weighted by molar-refractivity contribution is -0.140. The number of alkyl halides is 3. The molecule has 2 rings (SSSR count). The number of benzene rings is 1. The van der Waals surface area contributed by atoms with Gasteiger partial charge < -0.3 is 24.9 Å². The summed E-state index contributed by atoms with van der Waals surface area (Å²) in [5.41, 5.74) is 1.44. The van der Waals surface area contributed by atoms with Gasteiger partial charge in [-0.15, -0.1) is 0 Å². The summed E-state index contributed by atoms with van der Waals surface area (Å²) >= 11 is 0. The number of methoxy groups -OCH3 is 1. The SMILES string of the molecule is COC(=O)CC/C=C\CC[C@H]1[C@@H](O)CC(NO)[C@@H]1CC[C@@H](O)COc1cccc(C(F)(F)F)c1. The fourth-order valence-electron chi connectivity index (χ4n) is 4.41. The number of esters is 1. The molecule has 10 heteroatoms. The number of rotatable bonds is 13. The van der Waals surface area contributed by atoms with Gasteiger partial charge in [-0.05, 0) is 68.6 Å². The van der Waals surface area contributed by atoms with Crippen molar-refractivity contribution >= 4 is 5.97 Å². The Morgan fingerprint density at radius 2 is 1.97 bits per heavy atom. The van der Waals surface area contributed by atoms with E-state index in [0.717, 1.165) is 12.1 Å². The van der Waals surface area contributed by atoms with Crippen LogP contribution in [0.1, 0.15) is 50.5 Å². The van der Waals surface area contributed by atoms with Crippen LogP contribution in [0.15, 0.2) is 36.4 Å². The average Bonchev–Trinajstić information content (AvgIpc) is 3.12. The quantitative estimate of drug-likeness (QED) is 0.189. The van der Waals surface area contributed by atoms with Crippen LogP contribution in [-0.4, -0.2) is 53.4 Å². The van der Waals surface area contributed by atoms with Crippen molar-refractivity contribution in [2.45, 2.75) is 69.4 Å². The zero-order valence-electron chi connectivity index (χ0n) is 19.2. The Kier molecular flexibility index (Phi) is 11.3. The number of aliphatic hydroxyl groups excluding tert-OH is 2. The van der Waals surface area contributed by atoms with E-state index in [0.29, 0.717) is 44.9 Å². The third-order valence-electron chi connectivity index (χ3n) is 6.24. The number of ether oxygens (including phenoxy) is 2. The molecule has 1 unspecified atom stereocenters. The highest BCUT2D eigenvalue weighted by Crippen LogP contribution is 2.39. The molecule has 1 saturated carbocycles. The number of carbonyl (C=O) groups excluding carboxylic acids is 1. The number of hydrogen-bond donors (Lipinski definition) is 4. The molecule has 0 saturated heterocycles. The predicted octanol–water partition coefficient (Wildman–Crippen LogP) is 3.86. The molecule has 0 spiro atoms. The molecule has 1 aromatic rings. The van der Waals surface area contributed by atoms with Gasteiger partial charge in [0.25, 0.3) is 0 Å². The third kappa shape index (κ3) is 8.90. The van der Waals surface area contributed by atoms with Gasteiger partial charge in [0.1, 0.15) is 12.4 Å². The van der Waals surface area contributed by atoms with Crippen molar-refractivity contribution in [2.24, 2.45) is 11.8 Å². The Labute approximate surface area is 197 Å². The van der Waals surface area contributed by atoms with Crippen LogP contribution < -0.4 is 10.2 Å². The lowest BCUT2D eigenvalue weighted by Gasteiger charge is -2.25. The molecule has 1 aromatic carbocycles. The minimum Gasteiger partial charge on any atom is -0.491 e. The molecular formula is C24H34F3NO6. The summed E-state index contributed by atoms with van der Waals surface area (Å²) in [6.07, 6.45) is 1.29. The predicted molar refractivity (Wildman–Crippen MR) is 118 cm³/mol. The number of hydrogen-bond acceptors (Lipinski definition) is 7. The molecule has 0 bridgehead atoms. The maximum atomic E-state index is 12.8. The van der Waals surface area contributed by atoms with Crippen LogP contribution in [0.4, 0.5) is 13.2 Å². The molecule has 7 nitrogen and oxygen atoms in total. The smallest absolute Gasteiger partial charge is 0.416 e. The topological polar surface area (TPSA) is 108 Å². The first kappa shape index (κ1) is 28.1. The number of hydroxylamine groups is 1. The number of halogens is 3. The van der Waals surface area contributed by atoms with Crippen molar-refractivity contribution in [3.05, 3.63) is 42.0 Å². The van der Waals surface area contributed by atoms with Gasteiger partial charge in [-0.3, -0.25) is 4.79 Å². The number of allylic oxidation sites excluding steroid dienone is 2. The lowest BCUT2D eigenvalue weighted by atomic mass is 9.85. The van der Waals surface area contributed by atoms with Gasteiger partial charge in [0.2, 0.25) is 0 Å². The number of nitrogens with one attached hydrogen (secondary N) is 1. The van der Waals surface area contributed by atoms with Crippen molar-refractivity contribution in [1.82, 2.24) is 5.48 Å². The van der Waals surface area contributed by atoms with Crippen LogP contribution in [-0.2, 0) is 15.7 Å². The maximum absolute atomic E-state index is 12.8. The lowest BCUT2D eigenvalue weighted by Crippen LogP contribution is -2.33. The van der Waals surface area contributed by atoms with E-state index in [1.54, 1.807) is 0 Å². The Morgan fingerprint density at radius 3 is 2.65 bits per heavy atom. The second-order valence-electron chi connectivity index (χ2n) is 8.60. The first-order chi connectivity index (χ1) is 16.2. The van der Waals surface area contributed by atoms with Crippen LogP contribution in [0.5, 0.6) is 5.75 Å². The number of carbonyl (C=O) groups is 1. The molecule has 1 aliphatic carbocycles. The van der Waals surface area contributed by atoms with Gasteiger partial charge in [-0.25, -0.2) is 5.48 Å². The van der Waals surface area contributed by atoms with Crippen LogP contribution in [0.2, 0.25) is 0 Å². The van der Waals surface area contributed by atoms with E-state index < -0.39 is 23.9 Å². The van der Waals surface area contributed by atoms with Crippen LogP contribution >= 0.6 is 0 Å². The summed E-state index contributed by atoms with van der Waals surface area (Å²) in [7, 11) is 1.34. The largest absolute Gasteiger partial charge is 0.491 e. The Balaban J connectivity index is 1.82. The van der Waals surface area contributed by atoms with Crippen LogP contribution in [0.3, 0.4) is 0 Å². The maximum Gasteiger partial charge on any atom is 0.416 e. The van der Waals surface area contributed by atoms with E-state index in [1.165, 1.54) is 19.2 Å². The highest BCUT2D eigenvalue weighted by Gasteiger charge is 2.41. The van der Waals surface area contributed by atoms with Gasteiger partial charge in [0.15, 0.2) is 0 Å². The second-order valence-corrected chi connectivity index (χ2v) is 8.60. The summed E-state index contributed by atoms with van der Waals surface area (Å²) in [4.78, 5) is 11.1. The molecule has 0 aromatic heterocycles. The molecule has 1 fully saturated rings. The Morgan fingerprint density at radius 1 is 1.24 bits per heavy atom. The number of aliphatic hydroxyl groups is 2. The van der Waals surface area contributed by atoms with Gasteiger partial charge in [-0.2, -0.15) is 13.2 Å². The van der Waals surface area contributed by atoms with Crippen LogP contribution in [0.25, 0.3) is 0 Å². The summed E-state index contributed by atoms with van der Waals surface area (Å²) in [5, 5.41) is 30.3. The minimum atomic E-state index is -4.47. The van der Waals surface area contributed by atoms with Crippen molar-refractivity contribution in [2.75, 3.05) is 13.7 Å². The third-order valence-corrected chi connectivity index (χ3v) is 6.24. The van der Waals surface area contributed by atoms with E-state index in [1.807, 2.05) is 12.2 Å². The van der Waals surface area contributed by atoms with Crippen molar-refractivity contribution < 1.29 is 42.9 Å². The molecule has 0 heterocycles. The molecule has 0 aliphatic heterocycles. The molecule has 5 atom stereocenters. The van der Waals surface area contributed by atoms with Crippen molar-refractivity contribution in [3.63, 3.8) is 0 Å². The van der Waals surface area contributed by atoms with E-state index in [2.05, 4.69) is 10.2 Å². The van der Waals surface area contributed by atoms with Crippen molar-refractivity contribution in [3.8, 4) is 5.75 Å². The first-order valence-corrected chi connectivity index (χ1v) is 11.4. The molecule has 0 radical (unpaired) electrons. The molecule has 34 heavy (non-hydrogen) atoms. The van der Waals surface area contributed by atoms with Gasteiger partial charge in [0, 0.05) is 12.5 Å². The molecule has 1 aliphatic rings. The monoisotopic (exact) mass is 489 g/mol. The zero-order chi connectivity index (χ0) is 25.1. The summed E-state index contributed by atoms with van der Waals surface area (Å²) in [5.74, 6) is -0.432. The van der Waals surface area contributed by atoms with Crippen LogP contribution in [0, 0.1) is 11.8 Å². The summed E-state index contributed by atoms with van der Waals surface area (Å²) < 4.78 is 48.4. The highest BCUT2D eigenvalue weighted by molar-refractivity contribution is 5.69. The molecular weight excluding hydrogens is 455 g/mol. The minimum absolute atomic E-state index is 0.0249. The van der Waals surface area contributed by atoms with E-state index in [4.69, 9.17) is 4.74 Å². The van der Waals surface area contributed by atoms with Gasteiger partial charge >= 0.3 is 12.1 Å². The molecule has 192 valence electrons. The van der Waals surface area contributed by atoms with E-state index >= 15 is 0 Å². The summed E-state index contributed by atoms with van der Waals surface area (Å²) in [6, 6.07) is 4.16. The van der Waals surface area contributed by atoms with Gasteiger partial charge in [0.05, 0.1) is 24.9 Å². The first-order valence-electron chi connectivity index (χ1n) is 11.4. The Bertz CT molecular complexity index is 788. The fourth-order valence-corrected chi connectivity index (χ4v) is 4.41. The average molecular weight is 490 g/mol. The second kappa shape index (κ2) is 13.7.